The van der Waals surface area contributed by atoms with Crippen molar-refractivity contribution in [3.8, 4) is 0 Å². The van der Waals surface area contributed by atoms with Gasteiger partial charge in [-0.1, -0.05) is 27.7 Å². The van der Waals surface area contributed by atoms with Crippen LogP contribution in [0.5, 0.6) is 0 Å². The van der Waals surface area contributed by atoms with Gasteiger partial charge in [0.15, 0.2) is 5.78 Å². The Bertz CT molecular complexity index is 863. The van der Waals surface area contributed by atoms with Gasteiger partial charge in [-0.15, -0.1) is 0 Å². The van der Waals surface area contributed by atoms with Crippen LogP contribution in [0.1, 0.15) is 65.0 Å². The summed E-state index contributed by atoms with van der Waals surface area (Å²) in [7, 11) is 1.41. The van der Waals surface area contributed by atoms with Gasteiger partial charge in [-0.05, 0) is 42.6 Å². The number of hydrogen-bond acceptors (Lipinski definition) is 7. The number of ketones is 1. The number of methoxy groups -OCH3 is 1. The van der Waals surface area contributed by atoms with Gasteiger partial charge in [0.05, 0.1) is 37.5 Å². The van der Waals surface area contributed by atoms with Crippen molar-refractivity contribution in [1.82, 2.24) is 5.32 Å². The van der Waals surface area contributed by atoms with Gasteiger partial charge in [-0.25, -0.2) is 0 Å². The number of carbonyl (C=O) groups excluding carboxylic acids is 3. The van der Waals surface area contributed by atoms with E-state index in [-0.39, 0.29) is 29.7 Å². The molecule has 4 rings (SSSR count). The molecule has 2 heterocycles. The van der Waals surface area contributed by atoms with Crippen molar-refractivity contribution in [3.63, 3.8) is 0 Å². The molecular weight excluding hydrogens is 398 g/mol. The van der Waals surface area contributed by atoms with Crippen LogP contribution in [-0.4, -0.2) is 36.9 Å². The van der Waals surface area contributed by atoms with E-state index in [1.807, 2.05) is 27.7 Å². The van der Waals surface area contributed by atoms with Gasteiger partial charge in [-0.2, -0.15) is 0 Å². The van der Waals surface area contributed by atoms with Gasteiger partial charge in [0, 0.05) is 17.5 Å². The first kappa shape index (κ1) is 22.1. The molecule has 1 aromatic rings. The Balaban J connectivity index is 1.79. The third-order valence-electron chi connectivity index (χ3n) is 8.09. The predicted molar refractivity (Wildman–Crippen MR) is 112 cm³/mol. The van der Waals surface area contributed by atoms with E-state index >= 15 is 0 Å². The van der Waals surface area contributed by atoms with Gasteiger partial charge in [-0.3, -0.25) is 14.4 Å². The lowest BCUT2D eigenvalue weighted by atomic mass is 9.43. The fourth-order valence-corrected chi connectivity index (χ4v) is 6.75. The van der Waals surface area contributed by atoms with E-state index < -0.39 is 34.8 Å². The molecule has 1 aromatic heterocycles. The summed E-state index contributed by atoms with van der Waals surface area (Å²) in [5.41, 5.74) is -0.390. The first-order chi connectivity index (χ1) is 14.6. The number of cyclic esters (lactones) is 1. The summed E-state index contributed by atoms with van der Waals surface area (Å²) in [5.74, 6) is -1.65. The number of esters is 2. The Kier molecular flexibility index (Phi) is 5.53. The number of Topliss-reactive ketones (excluding diaryl/α,β-unsaturated/α-hetero) is 1. The molecule has 0 unspecified atom stereocenters. The van der Waals surface area contributed by atoms with E-state index in [1.165, 1.54) is 7.11 Å². The maximum Gasteiger partial charge on any atom is 0.310 e. The zero-order valence-electron chi connectivity index (χ0n) is 19.0. The molecule has 0 spiro atoms. The molecule has 1 N–H and O–H groups in total. The summed E-state index contributed by atoms with van der Waals surface area (Å²) in [6.07, 6.45) is 4.85. The lowest BCUT2D eigenvalue weighted by Gasteiger charge is -2.61. The van der Waals surface area contributed by atoms with Crippen LogP contribution >= 0.6 is 0 Å². The topological polar surface area (TPSA) is 94.8 Å². The fraction of sp³-hybridized carbons (Fsp3) is 0.708. The van der Waals surface area contributed by atoms with Gasteiger partial charge >= 0.3 is 11.9 Å². The minimum Gasteiger partial charge on any atom is -0.472 e. The highest BCUT2D eigenvalue weighted by Gasteiger charge is 2.67. The Morgan fingerprint density at radius 1 is 1.26 bits per heavy atom. The van der Waals surface area contributed by atoms with Gasteiger partial charge in [0.2, 0.25) is 0 Å². The lowest BCUT2D eigenvalue weighted by Crippen LogP contribution is -2.66. The van der Waals surface area contributed by atoms with Gasteiger partial charge < -0.3 is 19.2 Å². The molecule has 3 fully saturated rings. The smallest absolute Gasteiger partial charge is 0.310 e. The molecule has 1 saturated heterocycles. The molecule has 0 bridgehead atoms. The molecule has 7 atom stereocenters. The Hall–Kier alpha value is -2.15. The number of carbonyl (C=O) groups is 3. The Labute approximate surface area is 183 Å². The average Bonchev–Trinajstić information content (AvgIpc) is 3.23. The third kappa shape index (κ3) is 3.41. The molecular formula is C24H33NO6. The molecule has 2 saturated carbocycles. The standard InChI is InChI=1S/C24H33NO6/c1-13(2)25-17-10-16(21(27)29-5)23(3)8-6-15-22(28)31-18(14-7-9-30-12-14)11-24(15,4)20(23)19(17)26/h7,9,12-13,15-18,20,25H,6,8,10-11H2,1-5H3/t15-,16-,17+,18+,20-,23-,24-/m0/s1. The number of rotatable bonds is 4. The van der Waals surface area contributed by atoms with Crippen LogP contribution in [0.25, 0.3) is 0 Å². The molecule has 1 aliphatic heterocycles. The minimum absolute atomic E-state index is 0.0961. The van der Waals surface area contributed by atoms with Gasteiger partial charge in [0.1, 0.15) is 6.10 Å². The summed E-state index contributed by atoms with van der Waals surface area (Å²) in [4.78, 5) is 39.9. The number of hydrogen-bond donors (Lipinski definition) is 1. The zero-order chi connectivity index (χ0) is 22.6. The van der Waals surface area contributed by atoms with Crippen LogP contribution < -0.4 is 5.32 Å². The molecule has 31 heavy (non-hydrogen) atoms. The van der Waals surface area contributed by atoms with E-state index in [0.717, 1.165) is 5.56 Å². The highest BCUT2D eigenvalue weighted by Crippen LogP contribution is 2.64. The highest BCUT2D eigenvalue weighted by atomic mass is 16.5. The highest BCUT2D eigenvalue weighted by molar-refractivity contribution is 5.92. The number of nitrogens with one attached hydrogen (secondary N) is 1. The molecule has 2 aliphatic carbocycles. The third-order valence-corrected chi connectivity index (χ3v) is 8.09. The van der Waals surface area contributed by atoms with Crippen molar-refractivity contribution in [2.24, 2.45) is 28.6 Å². The van der Waals surface area contributed by atoms with E-state index in [2.05, 4.69) is 5.32 Å². The van der Waals surface area contributed by atoms with Crippen molar-refractivity contribution in [2.75, 3.05) is 7.11 Å². The molecule has 0 aromatic carbocycles. The number of furan rings is 1. The lowest BCUT2D eigenvalue weighted by molar-refractivity contribution is -0.203. The Morgan fingerprint density at radius 2 is 2.00 bits per heavy atom. The Morgan fingerprint density at radius 3 is 2.61 bits per heavy atom. The molecule has 0 amide bonds. The fourth-order valence-electron chi connectivity index (χ4n) is 6.75. The van der Waals surface area contributed by atoms with Crippen LogP contribution in [0, 0.1) is 28.6 Å². The SMILES string of the molecule is COC(=O)[C@@H]1C[C@@H](NC(C)C)C(=O)[C@H]2[C@@]1(C)CC[C@H]1C(=O)O[C@@H](c3ccoc3)C[C@]21C. The van der Waals surface area contributed by atoms with Crippen LogP contribution in [0.15, 0.2) is 23.0 Å². The second-order valence-corrected chi connectivity index (χ2v) is 10.3. The van der Waals surface area contributed by atoms with Crippen LogP contribution in [0.2, 0.25) is 0 Å². The summed E-state index contributed by atoms with van der Waals surface area (Å²) in [6.45, 7) is 8.06. The van der Waals surface area contributed by atoms with Gasteiger partial charge in [0.25, 0.3) is 0 Å². The number of ether oxygens (including phenoxy) is 2. The maximum absolute atomic E-state index is 13.9. The van der Waals surface area contributed by atoms with Crippen LogP contribution in [0.3, 0.4) is 0 Å². The quantitative estimate of drug-likeness (QED) is 0.730. The summed E-state index contributed by atoms with van der Waals surface area (Å²) in [5, 5.41) is 3.36. The van der Waals surface area contributed by atoms with E-state index in [1.54, 1.807) is 18.6 Å². The molecule has 3 aliphatic rings. The summed E-state index contributed by atoms with van der Waals surface area (Å²) in [6, 6.07) is 1.45. The monoisotopic (exact) mass is 431 g/mol. The first-order valence-corrected chi connectivity index (χ1v) is 11.2. The van der Waals surface area contributed by atoms with Crippen LogP contribution in [0.4, 0.5) is 0 Å². The largest absolute Gasteiger partial charge is 0.472 e. The van der Waals surface area contributed by atoms with Crippen molar-refractivity contribution < 1.29 is 28.3 Å². The van der Waals surface area contributed by atoms with Crippen molar-refractivity contribution in [1.29, 1.82) is 0 Å². The zero-order valence-corrected chi connectivity index (χ0v) is 19.0. The van der Waals surface area contributed by atoms with E-state index in [0.29, 0.717) is 25.7 Å². The predicted octanol–water partition coefficient (Wildman–Crippen LogP) is 3.44. The minimum atomic E-state index is -0.620. The second kappa shape index (κ2) is 7.76. The maximum atomic E-state index is 13.9. The summed E-state index contributed by atoms with van der Waals surface area (Å²) >= 11 is 0. The van der Waals surface area contributed by atoms with Crippen molar-refractivity contribution in [2.45, 2.75) is 71.6 Å². The molecule has 7 nitrogen and oxygen atoms in total. The molecule has 170 valence electrons. The van der Waals surface area contributed by atoms with Crippen molar-refractivity contribution in [3.05, 3.63) is 24.2 Å². The second-order valence-electron chi connectivity index (χ2n) is 10.3. The normalized spacial score (nSPS) is 40.1. The number of fused-ring (bicyclic) bond motifs is 3. The van der Waals surface area contributed by atoms with E-state index in [9.17, 15) is 14.4 Å². The van der Waals surface area contributed by atoms with Crippen molar-refractivity contribution >= 4 is 17.7 Å². The first-order valence-electron chi connectivity index (χ1n) is 11.2. The van der Waals surface area contributed by atoms with E-state index in [4.69, 9.17) is 13.9 Å². The van der Waals surface area contributed by atoms with Crippen LogP contribution in [-0.2, 0) is 23.9 Å². The summed E-state index contributed by atoms with van der Waals surface area (Å²) < 4.78 is 16.2. The molecule has 7 heteroatoms. The molecule has 0 radical (unpaired) electrons. The average molecular weight is 432 g/mol.